The molecule has 1 aromatic heterocycles. The lowest BCUT2D eigenvalue weighted by atomic mass is 10.1. The van der Waals surface area contributed by atoms with E-state index in [-0.39, 0.29) is 4.90 Å². The third kappa shape index (κ3) is 3.93. The Morgan fingerprint density at radius 2 is 2.20 bits per heavy atom. The minimum atomic E-state index is -3.44. The molecule has 1 saturated carbocycles. The number of rotatable bonds is 6. The molecular weight excluding hydrogens is 274 g/mol. The fourth-order valence-corrected chi connectivity index (χ4v) is 3.81. The largest absolute Gasteiger partial charge is 0.370 e. The monoisotopic (exact) mass is 297 g/mol. The highest BCUT2D eigenvalue weighted by Crippen LogP contribution is 2.29. The van der Waals surface area contributed by atoms with Gasteiger partial charge in [0.15, 0.2) is 0 Å². The quantitative estimate of drug-likeness (QED) is 0.844. The Morgan fingerprint density at radius 3 is 2.85 bits per heavy atom. The van der Waals surface area contributed by atoms with E-state index in [9.17, 15) is 8.42 Å². The van der Waals surface area contributed by atoms with Crippen LogP contribution in [-0.2, 0) is 10.0 Å². The molecule has 2 N–H and O–H groups in total. The Bertz CT molecular complexity index is 545. The van der Waals surface area contributed by atoms with Gasteiger partial charge in [-0.1, -0.05) is 13.3 Å². The van der Waals surface area contributed by atoms with Crippen molar-refractivity contribution in [1.82, 2.24) is 9.71 Å². The predicted octanol–water partition coefficient (Wildman–Crippen LogP) is 2.23. The average Bonchev–Trinajstić information content (AvgIpc) is 2.83. The van der Waals surface area contributed by atoms with E-state index in [0.29, 0.717) is 30.7 Å². The number of anilines is 1. The van der Waals surface area contributed by atoms with Gasteiger partial charge in [-0.05, 0) is 37.7 Å². The van der Waals surface area contributed by atoms with Gasteiger partial charge in [-0.25, -0.2) is 18.1 Å². The molecule has 6 heteroatoms. The van der Waals surface area contributed by atoms with E-state index >= 15 is 0 Å². The summed E-state index contributed by atoms with van der Waals surface area (Å²) in [6.07, 6.45) is 4.95. The molecule has 0 spiro atoms. The highest BCUT2D eigenvalue weighted by molar-refractivity contribution is 7.89. The molecule has 1 aliphatic rings. The number of hydrogen-bond donors (Lipinski definition) is 2. The van der Waals surface area contributed by atoms with Crippen molar-refractivity contribution in [3.05, 3.63) is 18.3 Å². The van der Waals surface area contributed by atoms with Gasteiger partial charge in [-0.15, -0.1) is 0 Å². The van der Waals surface area contributed by atoms with Crippen molar-refractivity contribution in [2.75, 3.05) is 18.4 Å². The van der Waals surface area contributed by atoms with E-state index in [1.807, 2.05) is 6.92 Å². The van der Waals surface area contributed by atoms with E-state index < -0.39 is 10.0 Å². The summed E-state index contributed by atoms with van der Waals surface area (Å²) in [6.45, 7) is 5.41. The normalized spacial score (nSPS) is 22.9. The van der Waals surface area contributed by atoms with Crippen molar-refractivity contribution in [3.8, 4) is 0 Å². The smallest absolute Gasteiger partial charge is 0.240 e. The summed E-state index contributed by atoms with van der Waals surface area (Å²) < 4.78 is 27.2. The summed E-state index contributed by atoms with van der Waals surface area (Å²) in [6, 6.07) is 3.10. The third-order valence-corrected chi connectivity index (χ3v) is 5.19. The molecule has 1 aromatic rings. The van der Waals surface area contributed by atoms with Gasteiger partial charge < -0.3 is 5.32 Å². The first kappa shape index (κ1) is 15.3. The van der Waals surface area contributed by atoms with Crippen LogP contribution in [0.25, 0.3) is 0 Å². The van der Waals surface area contributed by atoms with Gasteiger partial charge in [0, 0.05) is 25.4 Å². The minimum absolute atomic E-state index is 0.273. The van der Waals surface area contributed by atoms with Crippen LogP contribution in [0.2, 0.25) is 0 Å². The zero-order chi connectivity index (χ0) is 14.6. The fraction of sp³-hybridized carbons (Fsp3) is 0.643. The van der Waals surface area contributed by atoms with Crippen LogP contribution in [0, 0.1) is 11.8 Å². The maximum atomic E-state index is 12.3. The van der Waals surface area contributed by atoms with Crippen LogP contribution in [-0.4, -0.2) is 26.5 Å². The first-order valence-corrected chi connectivity index (χ1v) is 8.69. The number of pyridine rings is 1. The van der Waals surface area contributed by atoms with Crippen LogP contribution in [0.3, 0.4) is 0 Å². The summed E-state index contributed by atoms with van der Waals surface area (Å²) in [5.41, 5.74) is 0. The summed E-state index contributed by atoms with van der Waals surface area (Å²) in [7, 11) is -3.44. The average molecular weight is 297 g/mol. The van der Waals surface area contributed by atoms with Crippen LogP contribution in [0.15, 0.2) is 23.2 Å². The second-order valence-corrected chi connectivity index (χ2v) is 7.31. The van der Waals surface area contributed by atoms with Crippen LogP contribution in [0.4, 0.5) is 5.82 Å². The standard InChI is InChI=1S/C14H23N3O2S/c1-3-15-14-9-13(6-7-16-14)20(18,19)17-10-12-5-4-11(2)8-12/h6-7,9,11-12,17H,3-5,8,10H2,1-2H3,(H,15,16). The lowest BCUT2D eigenvalue weighted by Crippen LogP contribution is -2.28. The van der Waals surface area contributed by atoms with Gasteiger partial charge in [0.2, 0.25) is 10.0 Å². The summed E-state index contributed by atoms with van der Waals surface area (Å²) >= 11 is 0. The molecule has 2 atom stereocenters. The van der Waals surface area contributed by atoms with Gasteiger partial charge in [-0.2, -0.15) is 0 Å². The summed E-state index contributed by atoms with van der Waals surface area (Å²) in [5.74, 6) is 1.77. The van der Waals surface area contributed by atoms with Crippen molar-refractivity contribution in [2.45, 2.75) is 38.0 Å². The number of nitrogens with zero attached hydrogens (tertiary/aromatic N) is 1. The van der Waals surface area contributed by atoms with E-state index in [4.69, 9.17) is 0 Å². The molecule has 0 saturated heterocycles. The lowest BCUT2D eigenvalue weighted by molar-refractivity contribution is 0.498. The second-order valence-electron chi connectivity index (χ2n) is 5.54. The Balaban J connectivity index is 2.00. The zero-order valence-electron chi connectivity index (χ0n) is 12.1. The van der Waals surface area contributed by atoms with Crippen LogP contribution in [0.1, 0.15) is 33.1 Å². The highest BCUT2D eigenvalue weighted by Gasteiger charge is 2.23. The molecular formula is C14H23N3O2S. The first-order chi connectivity index (χ1) is 9.51. The number of nitrogens with one attached hydrogen (secondary N) is 2. The molecule has 112 valence electrons. The van der Waals surface area contributed by atoms with E-state index in [2.05, 4.69) is 21.9 Å². The van der Waals surface area contributed by atoms with Gasteiger partial charge >= 0.3 is 0 Å². The Morgan fingerprint density at radius 1 is 1.40 bits per heavy atom. The van der Waals surface area contributed by atoms with Crippen LogP contribution in [0.5, 0.6) is 0 Å². The second kappa shape index (κ2) is 6.54. The van der Waals surface area contributed by atoms with Crippen molar-refractivity contribution in [3.63, 3.8) is 0 Å². The Kier molecular flexibility index (Phi) is 4.99. The molecule has 1 aliphatic carbocycles. The van der Waals surface area contributed by atoms with Crippen LogP contribution < -0.4 is 10.0 Å². The van der Waals surface area contributed by atoms with Crippen molar-refractivity contribution in [2.24, 2.45) is 11.8 Å². The molecule has 1 heterocycles. The maximum absolute atomic E-state index is 12.3. The van der Waals surface area contributed by atoms with Gasteiger partial charge in [0.25, 0.3) is 0 Å². The summed E-state index contributed by atoms with van der Waals surface area (Å²) in [5, 5.41) is 3.02. The molecule has 1 fully saturated rings. The molecule has 0 aromatic carbocycles. The molecule has 0 bridgehead atoms. The maximum Gasteiger partial charge on any atom is 0.240 e. The van der Waals surface area contributed by atoms with Gasteiger partial charge in [0.05, 0.1) is 4.90 Å². The van der Waals surface area contributed by atoms with E-state index in [1.54, 1.807) is 6.07 Å². The topological polar surface area (TPSA) is 71.1 Å². The van der Waals surface area contributed by atoms with E-state index in [0.717, 1.165) is 12.8 Å². The molecule has 2 unspecified atom stereocenters. The SMILES string of the molecule is CCNc1cc(S(=O)(=O)NCC2CCC(C)C2)ccn1. The van der Waals surface area contributed by atoms with Gasteiger partial charge in [-0.3, -0.25) is 0 Å². The molecule has 5 nitrogen and oxygen atoms in total. The van der Waals surface area contributed by atoms with E-state index in [1.165, 1.54) is 18.7 Å². The predicted molar refractivity (Wildman–Crippen MR) is 80.1 cm³/mol. The molecule has 0 aliphatic heterocycles. The molecule has 0 radical (unpaired) electrons. The highest BCUT2D eigenvalue weighted by atomic mass is 32.2. The first-order valence-electron chi connectivity index (χ1n) is 7.21. The number of aromatic nitrogens is 1. The minimum Gasteiger partial charge on any atom is -0.370 e. The number of hydrogen-bond acceptors (Lipinski definition) is 4. The Labute approximate surface area is 121 Å². The van der Waals surface area contributed by atoms with Crippen molar-refractivity contribution in [1.29, 1.82) is 0 Å². The molecule has 20 heavy (non-hydrogen) atoms. The zero-order valence-corrected chi connectivity index (χ0v) is 12.9. The lowest BCUT2D eigenvalue weighted by Gasteiger charge is -2.12. The van der Waals surface area contributed by atoms with Gasteiger partial charge in [0.1, 0.15) is 5.82 Å². The Hall–Kier alpha value is -1.14. The van der Waals surface area contributed by atoms with Crippen molar-refractivity contribution >= 4 is 15.8 Å². The van der Waals surface area contributed by atoms with Crippen molar-refractivity contribution < 1.29 is 8.42 Å². The number of sulfonamides is 1. The molecule has 2 rings (SSSR count). The fourth-order valence-electron chi connectivity index (χ4n) is 2.68. The van der Waals surface area contributed by atoms with Crippen LogP contribution >= 0.6 is 0 Å². The third-order valence-electron chi connectivity index (χ3n) is 3.77. The molecule has 0 amide bonds. The summed E-state index contributed by atoms with van der Waals surface area (Å²) in [4.78, 5) is 4.36.